The number of rotatable bonds is 4. The quantitative estimate of drug-likeness (QED) is 0.711. The molecule has 5 nitrogen and oxygen atoms in total. The lowest BCUT2D eigenvalue weighted by molar-refractivity contribution is -0.147. The normalized spacial score (nSPS) is 10.7. The van der Waals surface area contributed by atoms with Crippen molar-refractivity contribution in [2.45, 2.75) is 19.4 Å². The summed E-state index contributed by atoms with van der Waals surface area (Å²) in [7, 11) is 3.06. The standard InChI is InChI=1S/C10H18N2O3/c1-6-7-11(4)9(15)12(5)10(2,3)8(13)14/h6H,1,7H2,2-5H3,(H,13,14). The van der Waals surface area contributed by atoms with E-state index in [2.05, 4.69) is 6.58 Å². The van der Waals surface area contributed by atoms with Crippen molar-refractivity contribution in [3.63, 3.8) is 0 Å². The molecule has 15 heavy (non-hydrogen) atoms. The molecule has 2 amide bonds. The molecule has 0 aliphatic carbocycles. The summed E-state index contributed by atoms with van der Waals surface area (Å²) in [5, 5.41) is 8.94. The molecule has 0 aromatic heterocycles. The molecule has 0 fully saturated rings. The van der Waals surface area contributed by atoms with Crippen molar-refractivity contribution < 1.29 is 14.7 Å². The van der Waals surface area contributed by atoms with E-state index in [0.717, 1.165) is 0 Å². The molecule has 1 N–H and O–H groups in total. The average Bonchev–Trinajstić information content (AvgIpc) is 2.15. The maximum absolute atomic E-state index is 11.7. The number of carboxylic acid groups (broad SMARTS) is 1. The first-order valence-corrected chi connectivity index (χ1v) is 4.58. The van der Waals surface area contributed by atoms with Crippen molar-refractivity contribution in [1.82, 2.24) is 9.80 Å². The number of aliphatic carboxylic acids is 1. The van der Waals surface area contributed by atoms with Crippen LogP contribution >= 0.6 is 0 Å². The second kappa shape index (κ2) is 4.82. The van der Waals surface area contributed by atoms with Crippen molar-refractivity contribution in [2.24, 2.45) is 0 Å². The van der Waals surface area contributed by atoms with Crippen LogP contribution in [0.5, 0.6) is 0 Å². The Morgan fingerprint density at radius 1 is 1.40 bits per heavy atom. The zero-order valence-corrected chi connectivity index (χ0v) is 9.65. The first-order chi connectivity index (χ1) is 6.75. The number of carbonyl (C=O) groups is 2. The first-order valence-electron chi connectivity index (χ1n) is 4.58. The largest absolute Gasteiger partial charge is 0.480 e. The molecule has 0 heterocycles. The summed E-state index contributed by atoms with van der Waals surface area (Å²) in [4.78, 5) is 25.2. The van der Waals surface area contributed by atoms with Crippen LogP contribution in [0.4, 0.5) is 4.79 Å². The Labute approximate surface area is 90.0 Å². The lowest BCUT2D eigenvalue weighted by Gasteiger charge is -2.34. The fraction of sp³-hybridized carbons (Fsp3) is 0.600. The second-order valence-electron chi connectivity index (χ2n) is 3.87. The van der Waals surface area contributed by atoms with Crippen LogP contribution in [0.2, 0.25) is 0 Å². The molecule has 0 aliphatic rings. The SMILES string of the molecule is C=CCN(C)C(=O)N(C)C(C)(C)C(=O)O. The van der Waals surface area contributed by atoms with Crippen LogP contribution in [0.3, 0.4) is 0 Å². The van der Waals surface area contributed by atoms with Gasteiger partial charge in [0.15, 0.2) is 0 Å². The molecule has 5 heteroatoms. The molecular weight excluding hydrogens is 196 g/mol. The highest BCUT2D eigenvalue weighted by Crippen LogP contribution is 2.14. The minimum Gasteiger partial charge on any atom is -0.480 e. The molecule has 0 aliphatic heterocycles. The number of hydrogen-bond donors (Lipinski definition) is 1. The van der Waals surface area contributed by atoms with E-state index < -0.39 is 11.5 Å². The second-order valence-corrected chi connectivity index (χ2v) is 3.87. The molecule has 0 unspecified atom stereocenters. The van der Waals surface area contributed by atoms with Crippen LogP contribution < -0.4 is 0 Å². The van der Waals surface area contributed by atoms with Crippen LogP contribution in [-0.4, -0.2) is 53.1 Å². The van der Waals surface area contributed by atoms with Gasteiger partial charge in [-0.15, -0.1) is 6.58 Å². The van der Waals surface area contributed by atoms with Crippen molar-refractivity contribution >= 4 is 12.0 Å². The molecule has 0 aromatic carbocycles. The van der Waals surface area contributed by atoms with Gasteiger partial charge < -0.3 is 14.9 Å². The molecule has 0 atom stereocenters. The number of carboxylic acids is 1. The van der Waals surface area contributed by atoms with E-state index in [1.807, 2.05) is 0 Å². The van der Waals surface area contributed by atoms with Crippen LogP contribution in [0.15, 0.2) is 12.7 Å². The van der Waals surface area contributed by atoms with Crippen molar-refractivity contribution in [1.29, 1.82) is 0 Å². The van der Waals surface area contributed by atoms with Gasteiger partial charge in [-0.1, -0.05) is 6.08 Å². The van der Waals surface area contributed by atoms with E-state index in [4.69, 9.17) is 5.11 Å². The molecule has 0 saturated carbocycles. The van der Waals surface area contributed by atoms with Gasteiger partial charge in [-0.05, 0) is 13.8 Å². The minimum absolute atomic E-state index is 0.345. The molecule has 86 valence electrons. The third-order valence-corrected chi connectivity index (χ3v) is 2.38. The highest BCUT2D eigenvalue weighted by molar-refractivity contribution is 5.85. The number of carbonyl (C=O) groups excluding carboxylic acids is 1. The predicted octanol–water partition coefficient (Wildman–Crippen LogP) is 1.02. The van der Waals surface area contributed by atoms with Crippen LogP contribution in [0.25, 0.3) is 0 Å². The topological polar surface area (TPSA) is 60.9 Å². The van der Waals surface area contributed by atoms with Gasteiger partial charge >= 0.3 is 12.0 Å². The fourth-order valence-electron chi connectivity index (χ4n) is 0.910. The highest BCUT2D eigenvalue weighted by atomic mass is 16.4. The Morgan fingerprint density at radius 3 is 2.20 bits per heavy atom. The van der Waals surface area contributed by atoms with Crippen molar-refractivity contribution in [3.8, 4) is 0 Å². The van der Waals surface area contributed by atoms with E-state index in [-0.39, 0.29) is 6.03 Å². The van der Waals surface area contributed by atoms with Gasteiger partial charge in [-0.2, -0.15) is 0 Å². The molecule has 0 radical (unpaired) electrons. The number of urea groups is 1. The van der Waals surface area contributed by atoms with Gasteiger partial charge in [-0.25, -0.2) is 9.59 Å². The third-order valence-electron chi connectivity index (χ3n) is 2.38. The van der Waals surface area contributed by atoms with Gasteiger partial charge in [0.2, 0.25) is 0 Å². The maximum Gasteiger partial charge on any atom is 0.329 e. The summed E-state index contributed by atoms with van der Waals surface area (Å²) in [6.45, 7) is 6.86. The Balaban J connectivity index is 4.70. The Morgan fingerprint density at radius 2 is 1.87 bits per heavy atom. The predicted molar refractivity (Wildman–Crippen MR) is 57.7 cm³/mol. The van der Waals surface area contributed by atoms with Gasteiger partial charge in [0, 0.05) is 20.6 Å². The molecule has 0 spiro atoms. The number of amides is 2. The van der Waals surface area contributed by atoms with Crippen LogP contribution in [0.1, 0.15) is 13.8 Å². The Kier molecular flexibility index (Phi) is 4.33. The lowest BCUT2D eigenvalue weighted by atomic mass is 10.0. The minimum atomic E-state index is -1.22. The molecule has 0 rings (SSSR count). The fourth-order valence-corrected chi connectivity index (χ4v) is 0.910. The summed E-state index contributed by atoms with van der Waals surface area (Å²) in [5.41, 5.74) is -1.22. The highest BCUT2D eigenvalue weighted by Gasteiger charge is 2.36. The zero-order chi connectivity index (χ0) is 12.2. The van der Waals surface area contributed by atoms with Crippen LogP contribution in [-0.2, 0) is 4.79 Å². The van der Waals surface area contributed by atoms with Crippen LogP contribution in [0, 0.1) is 0 Å². The Bertz CT molecular complexity index is 274. The van der Waals surface area contributed by atoms with Gasteiger partial charge in [0.05, 0.1) is 0 Å². The smallest absolute Gasteiger partial charge is 0.329 e. The third kappa shape index (κ3) is 2.97. The van der Waals surface area contributed by atoms with E-state index in [1.54, 1.807) is 13.1 Å². The number of nitrogens with zero attached hydrogens (tertiary/aromatic N) is 2. The summed E-state index contributed by atoms with van der Waals surface area (Å²) in [5.74, 6) is -1.04. The van der Waals surface area contributed by atoms with E-state index in [9.17, 15) is 9.59 Å². The Hall–Kier alpha value is -1.52. The molecular formula is C10H18N2O3. The average molecular weight is 214 g/mol. The van der Waals surface area contributed by atoms with Gasteiger partial charge in [0.25, 0.3) is 0 Å². The van der Waals surface area contributed by atoms with Gasteiger partial charge in [0.1, 0.15) is 5.54 Å². The van der Waals surface area contributed by atoms with E-state index >= 15 is 0 Å². The van der Waals surface area contributed by atoms with E-state index in [0.29, 0.717) is 6.54 Å². The number of hydrogen-bond acceptors (Lipinski definition) is 2. The molecule has 0 aromatic rings. The summed E-state index contributed by atoms with van der Waals surface area (Å²) < 4.78 is 0. The summed E-state index contributed by atoms with van der Waals surface area (Å²) in [6, 6.07) is -0.345. The molecule has 0 saturated heterocycles. The number of likely N-dealkylation sites (N-methyl/N-ethyl adjacent to an activating group) is 2. The summed E-state index contributed by atoms with van der Waals surface area (Å²) in [6.07, 6.45) is 1.58. The van der Waals surface area contributed by atoms with E-state index in [1.165, 1.54) is 30.7 Å². The van der Waals surface area contributed by atoms with Crippen molar-refractivity contribution in [2.75, 3.05) is 20.6 Å². The zero-order valence-electron chi connectivity index (χ0n) is 9.65. The lowest BCUT2D eigenvalue weighted by Crippen LogP contribution is -2.54. The summed E-state index contributed by atoms with van der Waals surface area (Å²) >= 11 is 0. The maximum atomic E-state index is 11.7. The van der Waals surface area contributed by atoms with Crippen molar-refractivity contribution in [3.05, 3.63) is 12.7 Å². The molecule has 0 bridgehead atoms. The van der Waals surface area contributed by atoms with Gasteiger partial charge in [-0.3, -0.25) is 0 Å². The monoisotopic (exact) mass is 214 g/mol. The first kappa shape index (κ1) is 13.5.